The SMILES string of the molecule is O=C(O)C(O)C(O)C(O)C(O)CO.O=C1OC(CO)C(O)C(O)C1O.O=O.OCC1OC(O)C(O)C(O)C1O.OO. The van der Waals surface area contributed by atoms with Gasteiger partial charge in [-0.3, -0.25) is 10.5 Å². The van der Waals surface area contributed by atoms with Gasteiger partial charge in [0, 0.05) is 9.93 Å². The van der Waals surface area contributed by atoms with E-state index in [1.165, 1.54) is 0 Å². The van der Waals surface area contributed by atoms with Crippen molar-refractivity contribution in [3.05, 3.63) is 9.93 Å². The Labute approximate surface area is 228 Å². The van der Waals surface area contributed by atoms with Crippen LogP contribution >= 0.6 is 0 Å². The van der Waals surface area contributed by atoms with Crippen LogP contribution in [0, 0.1) is 9.93 Å². The van der Waals surface area contributed by atoms with E-state index >= 15 is 0 Å². The first-order valence-electron chi connectivity index (χ1n) is 10.8. The Kier molecular flexibility index (Phi) is 23.7. The molecule has 2 saturated heterocycles. The van der Waals surface area contributed by atoms with Crippen LogP contribution in [0.5, 0.6) is 0 Å². The summed E-state index contributed by atoms with van der Waals surface area (Å²) < 4.78 is 8.96. The van der Waals surface area contributed by atoms with E-state index in [0.29, 0.717) is 0 Å². The van der Waals surface area contributed by atoms with E-state index in [1.54, 1.807) is 0 Å². The van der Waals surface area contributed by atoms with Gasteiger partial charge in [0.1, 0.15) is 54.9 Å². The van der Waals surface area contributed by atoms with Crippen molar-refractivity contribution in [2.75, 3.05) is 19.8 Å². The van der Waals surface area contributed by atoms with E-state index in [1.807, 2.05) is 0 Å². The zero-order valence-electron chi connectivity index (χ0n) is 20.7. The minimum Gasteiger partial charge on any atom is -0.479 e. The maximum absolute atomic E-state index is 10.7. The normalized spacial score (nSPS) is 33.6. The molecule has 2 aliphatic rings. The number of aliphatic hydroxyl groups excluding tert-OH is 14. The van der Waals surface area contributed by atoms with Crippen molar-refractivity contribution in [2.24, 2.45) is 0 Å². The molecule has 0 radical (unpaired) electrons. The fraction of sp³-hybridized carbons (Fsp3) is 0.889. The summed E-state index contributed by atoms with van der Waals surface area (Å²) >= 11 is 0. The lowest BCUT2D eigenvalue weighted by Gasteiger charge is -2.37. The van der Waals surface area contributed by atoms with Crippen LogP contribution in [0.3, 0.4) is 0 Å². The van der Waals surface area contributed by atoms with Crippen molar-refractivity contribution >= 4 is 11.9 Å². The summed E-state index contributed by atoms with van der Waals surface area (Å²) in [5.41, 5.74) is 0. The molecule has 23 nitrogen and oxygen atoms in total. The van der Waals surface area contributed by atoms with Gasteiger partial charge in [0.2, 0.25) is 0 Å². The van der Waals surface area contributed by atoms with Crippen LogP contribution in [0.1, 0.15) is 0 Å². The van der Waals surface area contributed by atoms with Crippen LogP contribution < -0.4 is 0 Å². The highest BCUT2D eigenvalue weighted by Crippen LogP contribution is 2.19. The number of esters is 1. The van der Waals surface area contributed by atoms with Crippen LogP contribution in [0.4, 0.5) is 0 Å². The molecular formula is C18H36O23. The summed E-state index contributed by atoms with van der Waals surface area (Å²) in [6, 6.07) is 0. The quantitative estimate of drug-likeness (QED) is 0.0713. The van der Waals surface area contributed by atoms with Crippen molar-refractivity contribution in [1.82, 2.24) is 0 Å². The minimum atomic E-state index is -2.20. The molecule has 246 valence electrons. The Morgan fingerprint density at radius 1 is 0.707 bits per heavy atom. The molecule has 0 spiro atoms. The van der Waals surface area contributed by atoms with Crippen molar-refractivity contribution in [1.29, 1.82) is 0 Å². The van der Waals surface area contributed by atoms with Crippen molar-refractivity contribution in [2.45, 2.75) is 79.5 Å². The van der Waals surface area contributed by atoms with E-state index < -0.39 is 111 Å². The Morgan fingerprint density at radius 3 is 1.54 bits per heavy atom. The number of hydrogen-bond acceptors (Lipinski definition) is 22. The smallest absolute Gasteiger partial charge is 0.338 e. The zero-order chi connectivity index (χ0) is 33.2. The summed E-state index contributed by atoms with van der Waals surface area (Å²) in [4.78, 5) is 34.8. The largest absolute Gasteiger partial charge is 0.479 e. The molecule has 2 rings (SSSR count). The molecule has 13 atom stereocenters. The third-order valence-corrected chi connectivity index (χ3v) is 5.12. The average molecular weight is 620 g/mol. The maximum atomic E-state index is 10.7. The first-order chi connectivity index (χ1) is 19.1. The molecule has 13 unspecified atom stereocenters. The second-order valence-electron chi connectivity index (χ2n) is 7.82. The highest BCUT2D eigenvalue weighted by atomic mass is 17.0. The molecule has 17 N–H and O–H groups in total. The number of aliphatic hydroxyl groups is 14. The van der Waals surface area contributed by atoms with Crippen molar-refractivity contribution < 1.29 is 106 Å². The van der Waals surface area contributed by atoms with E-state index in [9.17, 15) is 9.59 Å². The number of carbonyl (C=O) groups is 2. The lowest BCUT2D eigenvalue weighted by Crippen LogP contribution is -2.58. The summed E-state index contributed by atoms with van der Waals surface area (Å²) in [7, 11) is 0. The molecule has 0 aromatic heterocycles. The number of ether oxygens (including phenoxy) is 2. The van der Waals surface area contributed by atoms with Gasteiger partial charge in [-0.05, 0) is 0 Å². The van der Waals surface area contributed by atoms with Crippen LogP contribution in [-0.2, 0) is 19.1 Å². The maximum Gasteiger partial charge on any atom is 0.338 e. The zero-order valence-corrected chi connectivity index (χ0v) is 20.7. The van der Waals surface area contributed by atoms with Gasteiger partial charge in [0.05, 0.1) is 19.8 Å². The first kappa shape index (κ1) is 43.3. The number of carbonyl (C=O) groups excluding carboxylic acids is 1. The topological polar surface area (TPSA) is 431 Å². The molecular weight excluding hydrogens is 584 g/mol. The monoisotopic (exact) mass is 620 g/mol. The molecule has 0 saturated carbocycles. The predicted octanol–water partition coefficient (Wildman–Crippen LogP) is -9.64. The highest BCUT2D eigenvalue weighted by Gasteiger charge is 2.44. The van der Waals surface area contributed by atoms with Gasteiger partial charge in [-0.25, -0.2) is 9.59 Å². The van der Waals surface area contributed by atoms with Crippen molar-refractivity contribution in [3.63, 3.8) is 0 Å². The summed E-state index contributed by atoms with van der Waals surface area (Å²) in [5.74, 6) is -2.76. The number of hydrogen-bond donors (Lipinski definition) is 17. The number of carboxylic acids is 1. The number of aliphatic carboxylic acids is 1. The molecule has 0 aliphatic carbocycles. The Bertz CT molecular complexity index is 691. The van der Waals surface area contributed by atoms with Crippen molar-refractivity contribution in [3.8, 4) is 0 Å². The summed E-state index contributed by atoms with van der Waals surface area (Å²) in [5, 5.41) is 144. The second kappa shape index (κ2) is 22.5. The van der Waals surface area contributed by atoms with Gasteiger partial charge in [-0.2, -0.15) is 0 Å². The molecule has 0 bridgehead atoms. The van der Waals surface area contributed by atoms with Crippen LogP contribution in [0.15, 0.2) is 0 Å². The molecule has 2 fully saturated rings. The van der Waals surface area contributed by atoms with Gasteiger partial charge < -0.3 is 86.1 Å². The fourth-order valence-electron chi connectivity index (χ4n) is 2.73. The van der Waals surface area contributed by atoms with Gasteiger partial charge in [-0.1, -0.05) is 0 Å². The fourth-order valence-corrected chi connectivity index (χ4v) is 2.73. The number of carboxylic acid groups (broad SMARTS) is 1. The third kappa shape index (κ3) is 13.6. The summed E-state index contributed by atoms with van der Waals surface area (Å²) in [6.07, 6.45) is -20.8. The first-order valence-corrected chi connectivity index (χ1v) is 10.8. The lowest BCUT2D eigenvalue weighted by molar-refractivity contribution is -0.286. The standard InChI is InChI=1S/C6H12O7.C6H12O6.C6H10O6.H2O2.O2/c7-1-2(8)3(9)4(10)5(11)6(12)13;2*7-1-2-3(8)4(9)5(10)6(11)12-2;2*1-2/h2-5,7-11H,1H2,(H,12,13);2-11H,1H2;2-5,7-10H,1H2;1-2H;. The van der Waals surface area contributed by atoms with E-state index in [2.05, 4.69) is 9.47 Å². The number of cyclic esters (lactones) is 1. The third-order valence-electron chi connectivity index (χ3n) is 5.12. The number of rotatable bonds is 7. The Hall–Kier alpha value is -2.14. The molecule has 2 heterocycles. The molecule has 0 amide bonds. The van der Waals surface area contributed by atoms with Crippen LogP contribution in [0.25, 0.3) is 0 Å². The van der Waals surface area contributed by atoms with Gasteiger partial charge in [0.15, 0.2) is 24.6 Å². The lowest BCUT2D eigenvalue weighted by atomic mass is 10.00. The van der Waals surface area contributed by atoms with E-state index in [-0.39, 0.29) is 0 Å². The minimum absolute atomic E-state index is 0.526. The molecule has 0 aromatic rings. The second-order valence-corrected chi connectivity index (χ2v) is 7.82. The summed E-state index contributed by atoms with van der Waals surface area (Å²) in [6.45, 7) is -1.96. The Morgan fingerprint density at radius 2 is 1.15 bits per heavy atom. The van der Waals surface area contributed by atoms with Gasteiger partial charge >= 0.3 is 11.9 Å². The highest BCUT2D eigenvalue weighted by molar-refractivity contribution is 5.76. The molecule has 0 aromatic carbocycles. The molecule has 23 heteroatoms. The van der Waals surface area contributed by atoms with Crippen LogP contribution in [0.2, 0.25) is 0 Å². The van der Waals surface area contributed by atoms with Gasteiger partial charge in [0.25, 0.3) is 0 Å². The molecule has 2 aliphatic heterocycles. The molecule has 41 heavy (non-hydrogen) atoms. The van der Waals surface area contributed by atoms with Gasteiger partial charge in [-0.15, -0.1) is 0 Å². The predicted molar refractivity (Wildman–Crippen MR) is 122 cm³/mol. The van der Waals surface area contributed by atoms with Crippen LogP contribution in [-0.4, -0.2) is 198 Å². The van der Waals surface area contributed by atoms with E-state index in [0.717, 1.165) is 0 Å². The Balaban J connectivity index is -0.000000497. The average Bonchev–Trinajstić information content (AvgIpc) is 2.99. The van der Waals surface area contributed by atoms with E-state index in [4.69, 9.17) is 97.0 Å².